The van der Waals surface area contributed by atoms with Crippen molar-refractivity contribution in [1.82, 2.24) is 0 Å². The molecule has 0 fully saturated rings. The molecule has 0 atom stereocenters. The van der Waals surface area contributed by atoms with Gasteiger partial charge in [0.2, 0.25) is 5.91 Å². The van der Waals surface area contributed by atoms with Gasteiger partial charge in [-0.25, -0.2) is 0 Å². The summed E-state index contributed by atoms with van der Waals surface area (Å²) in [5.41, 5.74) is 2.55. The van der Waals surface area contributed by atoms with Crippen LogP contribution >= 0.6 is 7.92 Å². The first kappa shape index (κ1) is 24.9. The molecule has 0 spiro atoms. The van der Waals surface area contributed by atoms with Crippen molar-refractivity contribution in [2.75, 3.05) is 5.32 Å². The van der Waals surface area contributed by atoms with E-state index >= 15 is 0 Å². The van der Waals surface area contributed by atoms with Crippen molar-refractivity contribution >= 4 is 41.4 Å². The van der Waals surface area contributed by atoms with Crippen molar-refractivity contribution in [1.29, 1.82) is 0 Å². The number of carboxylic acids is 1. The predicted octanol–water partition coefficient (Wildman–Crippen LogP) is 5.16. The summed E-state index contributed by atoms with van der Waals surface area (Å²) in [6.07, 6.45) is -0.506. The van der Waals surface area contributed by atoms with Crippen LogP contribution in [0.15, 0.2) is 109 Å². The molecule has 4 nitrogen and oxygen atoms in total. The van der Waals surface area contributed by atoms with Gasteiger partial charge in [0, 0.05) is 5.69 Å². The Balaban J connectivity index is 0.000000197. The Morgan fingerprint density at radius 1 is 0.647 bits per heavy atom. The first-order valence-electron chi connectivity index (χ1n) is 11.0. The van der Waals surface area contributed by atoms with E-state index in [1.54, 1.807) is 0 Å². The molecule has 0 saturated carbocycles. The first-order valence-corrected chi connectivity index (χ1v) is 12.3. The second-order valence-electron chi connectivity index (χ2n) is 7.73. The Hall–Kier alpha value is -3.75. The summed E-state index contributed by atoms with van der Waals surface area (Å²) in [7, 11) is -0.446. The van der Waals surface area contributed by atoms with E-state index < -0.39 is 26.2 Å². The fourth-order valence-corrected chi connectivity index (χ4v) is 5.82. The third-order valence-corrected chi connectivity index (χ3v) is 7.54. The lowest BCUT2D eigenvalue weighted by Crippen LogP contribution is -2.20. The minimum absolute atomic E-state index is 0.446. The number of rotatable bonds is 6. The Morgan fingerprint density at radius 3 is 1.38 bits per heavy atom. The van der Waals surface area contributed by atoms with Crippen molar-refractivity contribution in [3.8, 4) is 0 Å². The number of carbonyl (C=O) groups is 2. The van der Waals surface area contributed by atoms with E-state index in [9.17, 15) is 9.59 Å². The van der Waals surface area contributed by atoms with Crippen molar-refractivity contribution in [2.24, 2.45) is 0 Å². The maximum Gasteiger partial charge on any atom is 0.312 e. The van der Waals surface area contributed by atoms with Crippen LogP contribution in [0.2, 0.25) is 0 Å². The van der Waals surface area contributed by atoms with Gasteiger partial charge in [0.25, 0.3) is 0 Å². The predicted molar refractivity (Wildman–Crippen MR) is 142 cm³/mol. The Morgan fingerprint density at radius 2 is 1.03 bits per heavy atom. The fourth-order valence-electron chi connectivity index (χ4n) is 3.51. The van der Waals surface area contributed by atoms with Gasteiger partial charge in [0.1, 0.15) is 6.42 Å². The normalized spacial score (nSPS) is 10.2. The number of hydrogen-bond acceptors (Lipinski definition) is 2. The second kappa shape index (κ2) is 12.5. The van der Waals surface area contributed by atoms with Crippen molar-refractivity contribution in [3.05, 3.63) is 120 Å². The van der Waals surface area contributed by atoms with E-state index in [2.05, 4.69) is 96.3 Å². The molecule has 4 aromatic rings. The number of anilines is 1. The van der Waals surface area contributed by atoms with E-state index in [0.717, 1.165) is 11.1 Å². The summed E-state index contributed by atoms with van der Waals surface area (Å²) < 4.78 is 0. The highest BCUT2D eigenvalue weighted by Crippen LogP contribution is 2.32. The van der Waals surface area contributed by atoms with Crippen LogP contribution in [0.3, 0.4) is 0 Å². The standard InChI is InChI=1S/C18H15P.C11H13NO3/c1-4-10-16(11-5-1)19(17-12-6-2-7-13-17)18-14-8-3-9-15-18;1-7-4-3-5-8(2)11(7)12-9(13)6-10(14)15/h1-15H;3-5H,6H2,1-2H3,(H,12,13)(H,14,15). The highest BCUT2D eigenvalue weighted by Gasteiger charge is 2.15. The van der Waals surface area contributed by atoms with Crippen LogP contribution in [0.4, 0.5) is 5.69 Å². The number of carbonyl (C=O) groups excluding carboxylic acids is 1. The zero-order valence-corrected chi connectivity index (χ0v) is 20.2. The monoisotopic (exact) mass is 469 g/mol. The number of aliphatic carboxylic acids is 1. The van der Waals surface area contributed by atoms with Gasteiger partial charge in [-0.3, -0.25) is 9.59 Å². The molecule has 0 radical (unpaired) electrons. The number of benzene rings is 4. The van der Waals surface area contributed by atoms with Crippen LogP contribution in [0.1, 0.15) is 17.5 Å². The minimum atomic E-state index is -1.13. The largest absolute Gasteiger partial charge is 0.481 e. The molecule has 172 valence electrons. The zero-order chi connectivity index (χ0) is 24.3. The highest BCUT2D eigenvalue weighted by molar-refractivity contribution is 7.79. The van der Waals surface area contributed by atoms with Crippen LogP contribution in [-0.4, -0.2) is 17.0 Å². The fraction of sp³-hybridized carbons (Fsp3) is 0.103. The number of carboxylic acid groups (broad SMARTS) is 1. The van der Waals surface area contributed by atoms with Crippen LogP contribution in [-0.2, 0) is 9.59 Å². The summed E-state index contributed by atoms with van der Waals surface area (Å²) >= 11 is 0. The van der Waals surface area contributed by atoms with Crippen molar-refractivity contribution in [3.63, 3.8) is 0 Å². The van der Waals surface area contributed by atoms with Crippen LogP contribution in [0, 0.1) is 13.8 Å². The summed E-state index contributed by atoms with van der Waals surface area (Å²) in [6.45, 7) is 3.73. The first-order chi connectivity index (χ1) is 16.5. The summed E-state index contributed by atoms with van der Waals surface area (Å²) in [4.78, 5) is 21.5. The quantitative estimate of drug-likeness (QED) is 0.303. The highest BCUT2D eigenvalue weighted by atomic mass is 31.1. The van der Waals surface area contributed by atoms with Gasteiger partial charge in [-0.1, -0.05) is 109 Å². The second-order valence-corrected chi connectivity index (χ2v) is 9.95. The lowest BCUT2D eigenvalue weighted by atomic mass is 10.1. The van der Waals surface area contributed by atoms with E-state index in [1.165, 1.54) is 15.9 Å². The minimum Gasteiger partial charge on any atom is -0.481 e. The molecular weight excluding hydrogens is 441 g/mol. The Labute approximate surface area is 202 Å². The summed E-state index contributed by atoms with van der Waals surface area (Å²) in [6, 6.07) is 37.9. The Bertz CT molecular complexity index is 1100. The molecule has 4 aromatic carbocycles. The van der Waals surface area contributed by atoms with E-state index in [4.69, 9.17) is 5.11 Å². The van der Waals surface area contributed by atoms with Crippen LogP contribution in [0.5, 0.6) is 0 Å². The maximum atomic E-state index is 11.2. The average Bonchev–Trinajstić information content (AvgIpc) is 2.84. The molecular formula is C29H28NO3P. The summed E-state index contributed by atoms with van der Waals surface area (Å²) in [5.74, 6) is -1.63. The van der Waals surface area contributed by atoms with Gasteiger partial charge in [-0.05, 0) is 48.8 Å². The van der Waals surface area contributed by atoms with E-state index in [-0.39, 0.29) is 0 Å². The van der Waals surface area contributed by atoms with Gasteiger partial charge >= 0.3 is 5.97 Å². The van der Waals surface area contributed by atoms with Crippen LogP contribution < -0.4 is 21.2 Å². The number of para-hydroxylation sites is 1. The average molecular weight is 470 g/mol. The van der Waals surface area contributed by atoms with Gasteiger partial charge in [-0.2, -0.15) is 0 Å². The topological polar surface area (TPSA) is 66.4 Å². The lowest BCUT2D eigenvalue weighted by molar-refractivity contribution is -0.139. The van der Waals surface area contributed by atoms with Gasteiger partial charge in [0.15, 0.2) is 0 Å². The number of nitrogens with one attached hydrogen (secondary N) is 1. The van der Waals surface area contributed by atoms with Crippen LogP contribution in [0.25, 0.3) is 0 Å². The molecule has 0 aliphatic heterocycles. The molecule has 0 aliphatic rings. The number of amides is 1. The molecule has 0 aromatic heterocycles. The van der Waals surface area contributed by atoms with E-state index in [1.807, 2.05) is 32.0 Å². The molecule has 0 unspecified atom stereocenters. The molecule has 5 heteroatoms. The van der Waals surface area contributed by atoms with E-state index in [0.29, 0.717) is 5.69 Å². The molecule has 0 heterocycles. The molecule has 1 amide bonds. The maximum absolute atomic E-state index is 11.2. The van der Waals surface area contributed by atoms with Gasteiger partial charge < -0.3 is 10.4 Å². The smallest absolute Gasteiger partial charge is 0.312 e. The molecule has 0 aliphatic carbocycles. The Kier molecular flexibility index (Phi) is 9.13. The third-order valence-electron chi connectivity index (χ3n) is 5.10. The van der Waals surface area contributed by atoms with Crippen molar-refractivity contribution in [2.45, 2.75) is 20.3 Å². The molecule has 2 N–H and O–H groups in total. The number of hydrogen-bond donors (Lipinski definition) is 2. The van der Waals surface area contributed by atoms with Gasteiger partial charge in [0.05, 0.1) is 0 Å². The molecule has 0 saturated heterocycles. The zero-order valence-electron chi connectivity index (χ0n) is 19.3. The molecule has 4 rings (SSSR count). The number of aryl methyl sites for hydroxylation is 2. The summed E-state index contributed by atoms with van der Waals surface area (Å²) in [5, 5.41) is 15.2. The third kappa shape index (κ3) is 7.13. The van der Waals surface area contributed by atoms with Gasteiger partial charge in [-0.15, -0.1) is 0 Å². The lowest BCUT2D eigenvalue weighted by Gasteiger charge is -2.18. The molecule has 34 heavy (non-hydrogen) atoms. The SMILES string of the molecule is Cc1cccc(C)c1NC(=O)CC(=O)O.c1ccc(P(c2ccccc2)c2ccccc2)cc1. The molecule has 0 bridgehead atoms. The van der Waals surface area contributed by atoms with Crippen molar-refractivity contribution < 1.29 is 14.7 Å².